The molecule has 1 aliphatic rings. The fraction of sp³-hybridized carbons (Fsp3) is 0.308. The van der Waals surface area contributed by atoms with E-state index in [-0.39, 0.29) is 13.0 Å². The number of rotatable bonds is 3. The maximum absolute atomic E-state index is 12.0. The van der Waals surface area contributed by atoms with Crippen molar-refractivity contribution in [2.24, 2.45) is 0 Å². The second-order valence-corrected chi connectivity index (χ2v) is 4.03. The Morgan fingerprint density at radius 3 is 2.68 bits per heavy atom. The molecule has 1 heterocycles. The lowest BCUT2D eigenvalue weighted by Gasteiger charge is -2.14. The van der Waals surface area contributed by atoms with E-state index in [0.717, 1.165) is 5.69 Å². The first kappa shape index (κ1) is 13.1. The number of benzene rings is 1. The Morgan fingerprint density at radius 2 is 2.05 bits per heavy atom. The smallest absolute Gasteiger partial charge is 0.423 e. The molecule has 3 amide bonds. The van der Waals surface area contributed by atoms with E-state index in [4.69, 9.17) is 0 Å². The van der Waals surface area contributed by atoms with Crippen LogP contribution in [0.3, 0.4) is 0 Å². The van der Waals surface area contributed by atoms with E-state index in [0.29, 0.717) is 4.90 Å². The first-order valence-electron chi connectivity index (χ1n) is 5.98. The van der Waals surface area contributed by atoms with E-state index in [1.54, 1.807) is 19.1 Å². The average molecular weight is 262 g/mol. The van der Waals surface area contributed by atoms with Crippen molar-refractivity contribution in [3.8, 4) is 0 Å². The zero-order valence-electron chi connectivity index (χ0n) is 10.5. The van der Waals surface area contributed by atoms with Crippen molar-refractivity contribution in [3.63, 3.8) is 0 Å². The number of carbonyl (C=O) groups excluding carboxylic acids is 3. The van der Waals surface area contributed by atoms with E-state index in [2.05, 4.69) is 10.1 Å². The number of para-hydroxylation sites is 1. The molecule has 1 atom stereocenters. The predicted molar refractivity (Wildman–Crippen MR) is 67.3 cm³/mol. The Hall–Kier alpha value is -2.37. The van der Waals surface area contributed by atoms with Crippen molar-refractivity contribution >= 4 is 23.6 Å². The van der Waals surface area contributed by atoms with Crippen LogP contribution in [0.2, 0.25) is 0 Å². The molecule has 0 radical (unpaired) electrons. The first-order valence-corrected chi connectivity index (χ1v) is 5.98. The molecule has 0 aliphatic carbocycles. The van der Waals surface area contributed by atoms with Crippen LogP contribution in [0.15, 0.2) is 30.3 Å². The third kappa shape index (κ3) is 2.73. The summed E-state index contributed by atoms with van der Waals surface area (Å²) in [7, 11) is 0. The maximum atomic E-state index is 12.0. The summed E-state index contributed by atoms with van der Waals surface area (Å²) in [5.74, 6) is -1.12. The summed E-state index contributed by atoms with van der Waals surface area (Å²) in [6, 6.07) is 8.31. The van der Waals surface area contributed by atoms with Gasteiger partial charge in [-0.25, -0.2) is 4.79 Å². The van der Waals surface area contributed by atoms with E-state index < -0.39 is 23.9 Å². The van der Waals surface area contributed by atoms with Gasteiger partial charge in [-0.3, -0.25) is 9.59 Å². The number of nitrogens with zero attached hydrogens (tertiary/aromatic N) is 1. The summed E-state index contributed by atoms with van der Waals surface area (Å²) in [6.45, 7) is 1.73. The number of nitrogens with one attached hydrogen (secondary N) is 1. The molecular weight excluding hydrogens is 248 g/mol. The Labute approximate surface area is 110 Å². The summed E-state index contributed by atoms with van der Waals surface area (Å²) < 4.78 is 4.68. The molecule has 1 saturated heterocycles. The monoisotopic (exact) mass is 262 g/mol. The van der Waals surface area contributed by atoms with Crippen LogP contribution in [0.4, 0.5) is 10.5 Å². The number of carbonyl (C=O) groups is 3. The lowest BCUT2D eigenvalue weighted by Crippen LogP contribution is -2.39. The molecule has 0 aromatic heterocycles. The van der Waals surface area contributed by atoms with Crippen molar-refractivity contribution in [1.82, 2.24) is 4.90 Å². The predicted octanol–water partition coefficient (Wildman–Crippen LogP) is 1.38. The minimum Gasteiger partial charge on any atom is -0.449 e. The van der Waals surface area contributed by atoms with Gasteiger partial charge < -0.3 is 10.1 Å². The lowest BCUT2D eigenvalue weighted by molar-refractivity contribution is -0.136. The molecule has 6 heteroatoms. The van der Waals surface area contributed by atoms with Gasteiger partial charge in [-0.2, -0.15) is 4.90 Å². The van der Waals surface area contributed by atoms with E-state index in [1.165, 1.54) is 0 Å². The topological polar surface area (TPSA) is 75.7 Å². The number of ether oxygens (including phenoxy) is 1. The summed E-state index contributed by atoms with van der Waals surface area (Å²) in [5, 5.41) is 2.93. The van der Waals surface area contributed by atoms with Gasteiger partial charge in [0.25, 0.3) is 5.91 Å². The quantitative estimate of drug-likeness (QED) is 0.833. The molecule has 2 rings (SSSR count). The number of hydrogen-bond donors (Lipinski definition) is 1. The van der Waals surface area contributed by atoms with Crippen molar-refractivity contribution in [3.05, 3.63) is 30.3 Å². The highest BCUT2D eigenvalue weighted by Crippen LogP contribution is 2.19. The zero-order chi connectivity index (χ0) is 13.8. The minimum absolute atomic E-state index is 0.0491. The van der Waals surface area contributed by atoms with Crippen LogP contribution in [0.25, 0.3) is 0 Å². The van der Waals surface area contributed by atoms with Gasteiger partial charge in [0.2, 0.25) is 5.91 Å². The van der Waals surface area contributed by atoms with Crippen molar-refractivity contribution in [2.75, 3.05) is 11.9 Å². The summed E-state index contributed by atoms with van der Waals surface area (Å²) >= 11 is 0. The van der Waals surface area contributed by atoms with Crippen LogP contribution < -0.4 is 5.32 Å². The van der Waals surface area contributed by atoms with Crippen LogP contribution in [0.1, 0.15) is 13.3 Å². The molecule has 19 heavy (non-hydrogen) atoms. The number of imide groups is 3. The number of anilines is 1. The highest BCUT2D eigenvalue weighted by molar-refractivity contribution is 6.16. The largest absolute Gasteiger partial charge is 0.449 e. The SMILES string of the molecule is CCOC(=O)N1C(=O)CC(Nc2ccccc2)C1=O. The van der Waals surface area contributed by atoms with Gasteiger partial charge in [0.15, 0.2) is 0 Å². The van der Waals surface area contributed by atoms with Gasteiger partial charge in [-0.1, -0.05) is 18.2 Å². The third-order valence-electron chi connectivity index (χ3n) is 2.71. The summed E-state index contributed by atoms with van der Waals surface area (Å²) in [5.41, 5.74) is 0.722. The number of amides is 3. The van der Waals surface area contributed by atoms with Gasteiger partial charge in [-0.15, -0.1) is 0 Å². The van der Waals surface area contributed by atoms with Gasteiger partial charge in [0.1, 0.15) is 6.04 Å². The Morgan fingerprint density at radius 1 is 1.37 bits per heavy atom. The van der Waals surface area contributed by atoms with Gasteiger partial charge >= 0.3 is 6.09 Å². The van der Waals surface area contributed by atoms with Crippen LogP contribution in [-0.4, -0.2) is 35.5 Å². The van der Waals surface area contributed by atoms with Crippen LogP contribution in [0.5, 0.6) is 0 Å². The normalized spacial score (nSPS) is 18.6. The molecule has 1 aromatic carbocycles. The fourth-order valence-corrected chi connectivity index (χ4v) is 1.86. The second kappa shape index (κ2) is 5.51. The molecule has 1 aliphatic heterocycles. The third-order valence-corrected chi connectivity index (χ3v) is 2.71. The lowest BCUT2D eigenvalue weighted by atomic mass is 10.2. The van der Waals surface area contributed by atoms with Crippen LogP contribution in [0, 0.1) is 0 Å². The van der Waals surface area contributed by atoms with Gasteiger partial charge in [-0.05, 0) is 19.1 Å². The molecular formula is C13H14N2O4. The Kier molecular flexibility index (Phi) is 3.79. The molecule has 1 fully saturated rings. The Bertz CT molecular complexity index is 501. The van der Waals surface area contributed by atoms with Gasteiger partial charge in [0, 0.05) is 5.69 Å². The molecule has 0 bridgehead atoms. The molecule has 1 N–H and O–H groups in total. The van der Waals surface area contributed by atoms with Crippen LogP contribution >= 0.6 is 0 Å². The molecule has 1 unspecified atom stereocenters. The standard InChI is InChI=1S/C13H14N2O4/c1-2-19-13(18)15-11(16)8-10(12(15)17)14-9-6-4-3-5-7-9/h3-7,10,14H,2,8H2,1H3. The molecule has 0 saturated carbocycles. The molecule has 1 aromatic rings. The highest BCUT2D eigenvalue weighted by Gasteiger charge is 2.43. The van der Waals surface area contributed by atoms with Crippen LogP contribution in [-0.2, 0) is 14.3 Å². The van der Waals surface area contributed by atoms with Gasteiger partial charge in [0.05, 0.1) is 13.0 Å². The number of hydrogen-bond acceptors (Lipinski definition) is 5. The van der Waals surface area contributed by atoms with Crippen molar-refractivity contribution < 1.29 is 19.1 Å². The van der Waals surface area contributed by atoms with Crippen molar-refractivity contribution in [1.29, 1.82) is 0 Å². The summed E-state index contributed by atoms with van der Waals surface area (Å²) in [4.78, 5) is 35.7. The zero-order valence-corrected chi connectivity index (χ0v) is 10.5. The van der Waals surface area contributed by atoms with Crippen molar-refractivity contribution in [2.45, 2.75) is 19.4 Å². The molecule has 6 nitrogen and oxygen atoms in total. The van der Waals surface area contributed by atoms with E-state index >= 15 is 0 Å². The Balaban J connectivity index is 2.08. The molecule has 0 spiro atoms. The second-order valence-electron chi connectivity index (χ2n) is 4.03. The summed E-state index contributed by atoms with van der Waals surface area (Å²) in [6.07, 6.45) is -0.957. The molecule has 100 valence electrons. The minimum atomic E-state index is -0.908. The fourth-order valence-electron chi connectivity index (χ4n) is 1.86. The van der Waals surface area contributed by atoms with E-state index in [1.807, 2.05) is 18.2 Å². The highest BCUT2D eigenvalue weighted by atomic mass is 16.6. The number of likely N-dealkylation sites (tertiary alicyclic amines) is 1. The average Bonchev–Trinajstić information content (AvgIpc) is 2.66. The van der Waals surface area contributed by atoms with E-state index in [9.17, 15) is 14.4 Å². The maximum Gasteiger partial charge on any atom is 0.423 e. The first-order chi connectivity index (χ1) is 9.13.